The van der Waals surface area contributed by atoms with E-state index in [-0.39, 0.29) is 11.9 Å². The Bertz CT molecular complexity index is 946. The van der Waals surface area contributed by atoms with Gasteiger partial charge in [-0.15, -0.1) is 0 Å². The fraction of sp³-hybridized carbons (Fsp3) is 0.545. The van der Waals surface area contributed by atoms with Crippen LogP contribution in [0.5, 0.6) is 0 Å². The van der Waals surface area contributed by atoms with E-state index in [1.165, 1.54) is 12.8 Å². The lowest BCUT2D eigenvalue weighted by molar-refractivity contribution is 0.0443. The summed E-state index contributed by atoms with van der Waals surface area (Å²) in [5.41, 5.74) is 1.87. The molecule has 2 bridgehead atoms. The summed E-state index contributed by atoms with van der Waals surface area (Å²) in [5.74, 6) is 6.88. The number of nitrogens with zero attached hydrogens (tertiary/aromatic N) is 3. The maximum Gasteiger partial charge on any atom is 0.270 e. The Kier molecular flexibility index (Phi) is 5.23. The van der Waals surface area contributed by atoms with Crippen LogP contribution in [0, 0.1) is 17.8 Å². The maximum absolute atomic E-state index is 12.8. The standard InChI is InChI=1S/C22H26N4O3/c27-22(24-20-14-26-6-3-16(20)4-7-26)19-12-18-17(15-29-21(18)13-23-19)2-1-5-25-8-10-28-11-9-25/h12-13,15-16,20H,3-11,14H2,(H,24,27). The van der Waals surface area contributed by atoms with Gasteiger partial charge in [0, 0.05) is 31.1 Å². The lowest BCUT2D eigenvalue weighted by Crippen LogP contribution is -2.57. The molecule has 4 aliphatic rings. The summed E-state index contributed by atoms with van der Waals surface area (Å²) in [6.45, 7) is 7.31. The van der Waals surface area contributed by atoms with E-state index >= 15 is 0 Å². The number of piperidine rings is 3. The molecule has 0 radical (unpaired) electrons. The largest absolute Gasteiger partial charge is 0.461 e. The van der Waals surface area contributed by atoms with Gasteiger partial charge >= 0.3 is 0 Å². The molecule has 29 heavy (non-hydrogen) atoms. The summed E-state index contributed by atoms with van der Waals surface area (Å²) in [6, 6.07) is 2.02. The van der Waals surface area contributed by atoms with E-state index in [4.69, 9.17) is 9.15 Å². The molecule has 0 aromatic carbocycles. The average Bonchev–Trinajstić information content (AvgIpc) is 3.18. The minimum atomic E-state index is -0.112. The van der Waals surface area contributed by atoms with Gasteiger partial charge in [0.05, 0.1) is 31.5 Å². The fourth-order valence-corrected chi connectivity index (χ4v) is 4.53. The molecular formula is C22H26N4O3. The summed E-state index contributed by atoms with van der Waals surface area (Å²) in [5, 5.41) is 4.04. The van der Waals surface area contributed by atoms with Crippen LogP contribution < -0.4 is 5.32 Å². The van der Waals surface area contributed by atoms with Crippen molar-refractivity contribution in [2.45, 2.75) is 18.9 Å². The molecule has 4 fully saturated rings. The smallest absolute Gasteiger partial charge is 0.270 e. The molecule has 1 N–H and O–H groups in total. The van der Waals surface area contributed by atoms with Crippen LogP contribution in [0.2, 0.25) is 0 Å². The van der Waals surface area contributed by atoms with Gasteiger partial charge in [0.2, 0.25) is 0 Å². The molecular weight excluding hydrogens is 368 g/mol. The second-order valence-corrected chi connectivity index (χ2v) is 8.12. The number of amides is 1. The van der Waals surface area contributed by atoms with Crippen molar-refractivity contribution in [3.63, 3.8) is 0 Å². The Balaban J connectivity index is 1.29. The van der Waals surface area contributed by atoms with E-state index in [1.54, 1.807) is 18.5 Å². The predicted octanol–water partition coefficient (Wildman–Crippen LogP) is 1.34. The molecule has 4 aliphatic heterocycles. The first-order valence-electron chi connectivity index (χ1n) is 10.5. The van der Waals surface area contributed by atoms with E-state index in [9.17, 15) is 4.79 Å². The minimum Gasteiger partial charge on any atom is -0.461 e. The van der Waals surface area contributed by atoms with Crippen molar-refractivity contribution in [1.29, 1.82) is 0 Å². The van der Waals surface area contributed by atoms with Crippen LogP contribution in [0.3, 0.4) is 0 Å². The topological polar surface area (TPSA) is 70.8 Å². The molecule has 1 unspecified atom stereocenters. The van der Waals surface area contributed by atoms with Crippen molar-refractivity contribution >= 4 is 16.9 Å². The lowest BCUT2D eigenvalue weighted by atomic mass is 9.84. The Hall–Kier alpha value is -2.40. The van der Waals surface area contributed by atoms with Crippen LogP contribution in [0.25, 0.3) is 11.0 Å². The Labute approximate surface area is 170 Å². The normalized spacial score (nSPS) is 26.8. The van der Waals surface area contributed by atoms with Crippen LogP contribution in [-0.2, 0) is 4.74 Å². The van der Waals surface area contributed by atoms with Gasteiger partial charge in [-0.25, -0.2) is 4.98 Å². The minimum absolute atomic E-state index is 0.112. The van der Waals surface area contributed by atoms with Crippen LogP contribution >= 0.6 is 0 Å². The maximum atomic E-state index is 12.8. The van der Waals surface area contributed by atoms with Gasteiger partial charge < -0.3 is 19.4 Å². The van der Waals surface area contributed by atoms with Crippen molar-refractivity contribution in [1.82, 2.24) is 20.1 Å². The number of rotatable bonds is 3. The summed E-state index contributed by atoms with van der Waals surface area (Å²) in [6.07, 6.45) is 5.60. The number of pyridine rings is 1. The summed E-state index contributed by atoms with van der Waals surface area (Å²) in [4.78, 5) is 21.8. The highest BCUT2D eigenvalue weighted by atomic mass is 16.5. The number of hydrogen-bond donors (Lipinski definition) is 1. The van der Waals surface area contributed by atoms with E-state index in [2.05, 4.69) is 31.9 Å². The highest BCUT2D eigenvalue weighted by Gasteiger charge is 2.35. The molecule has 2 aromatic rings. The molecule has 0 spiro atoms. The fourth-order valence-electron chi connectivity index (χ4n) is 4.53. The van der Waals surface area contributed by atoms with Crippen molar-refractivity contribution in [2.75, 3.05) is 52.5 Å². The Morgan fingerprint density at radius 2 is 2.07 bits per heavy atom. The number of ether oxygens (including phenoxy) is 1. The number of nitrogens with one attached hydrogen (secondary N) is 1. The molecule has 1 amide bonds. The quantitative estimate of drug-likeness (QED) is 0.793. The highest BCUT2D eigenvalue weighted by Crippen LogP contribution is 2.28. The number of fused-ring (bicyclic) bond motifs is 4. The van der Waals surface area contributed by atoms with Crippen molar-refractivity contribution in [2.24, 2.45) is 5.92 Å². The van der Waals surface area contributed by atoms with Gasteiger partial charge in [-0.1, -0.05) is 11.8 Å². The van der Waals surface area contributed by atoms with Crippen LogP contribution in [-0.4, -0.2) is 79.2 Å². The third-order valence-corrected chi connectivity index (χ3v) is 6.30. The van der Waals surface area contributed by atoms with Crippen LogP contribution in [0.15, 0.2) is 22.9 Å². The van der Waals surface area contributed by atoms with E-state index < -0.39 is 0 Å². The zero-order valence-electron chi connectivity index (χ0n) is 16.5. The first-order chi connectivity index (χ1) is 14.3. The van der Waals surface area contributed by atoms with Crippen LogP contribution in [0.4, 0.5) is 0 Å². The highest BCUT2D eigenvalue weighted by molar-refractivity contribution is 5.97. The van der Waals surface area contributed by atoms with Gasteiger partial charge in [0.1, 0.15) is 12.0 Å². The zero-order chi connectivity index (χ0) is 19.6. The predicted molar refractivity (Wildman–Crippen MR) is 109 cm³/mol. The number of carbonyl (C=O) groups excluding carboxylic acids is 1. The average molecular weight is 394 g/mol. The SMILES string of the molecule is O=C(NC1CN2CCC1CC2)c1cc2c(C#CCN3CCOCC3)coc2cn1. The first-order valence-corrected chi connectivity index (χ1v) is 10.5. The second kappa shape index (κ2) is 8.15. The summed E-state index contributed by atoms with van der Waals surface area (Å²) in [7, 11) is 0. The molecule has 6 rings (SSSR count). The van der Waals surface area contributed by atoms with Crippen molar-refractivity contribution < 1.29 is 13.9 Å². The third-order valence-electron chi connectivity index (χ3n) is 6.30. The van der Waals surface area contributed by atoms with Gasteiger partial charge in [0.15, 0.2) is 5.58 Å². The molecule has 7 nitrogen and oxygen atoms in total. The molecule has 0 saturated carbocycles. The Morgan fingerprint density at radius 3 is 2.83 bits per heavy atom. The van der Waals surface area contributed by atoms with E-state index in [1.807, 2.05) is 0 Å². The number of carbonyl (C=O) groups is 1. The van der Waals surface area contributed by atoms with Crippen LogP contribution in [0.1, 0.15) is 28.9 Å². The third kappa shape index (κ3) is 4.01. The summed E-state index contributed by atoms with van der Waals surface area (Å²) >= 11 is 0. The molecule has 2 aromatic heterocycles. The van der Waals surface area contributed by atoms with Crippen molar-refractivity contribution in [3.8, 4) is 11.8 Å². The molecule has 6 heterocycles. The Morgan fingerprint density at radius 1 is 1.24 bits per heavy atom. The lowest BCUT2D eigenvalue weighted by Gasteiger charge is -2.44. The number of morpholine rings is 1. The molecule has 1 atom stereocenters. The second-order valence-electron chi connectivity index (χ2n) is 8.12. The summed E-state index contributed by atoms with van der Waals surface area (Å²) < 4.78 is 10.9. The molecule has 0 aliphatic carbocycles. The van der Waals surface area contributed by atoms with Gasteiger partial charge in [-0.05, 0) is 37.9 Å². The van der Waals surface area contributed by atoms with E-state index in [0.29, 0.717) is 23.7 Å². The van der Waals surface area contributed by atoms with Gasteiger partial charge in [-0.2, -0.15) is 0 Å². The molecule has 7 heteroatoms. The molecule has 152 valence electrons. The number of aromatic nitrogens is 1. The van der Waals surface area contributed by atoms with Gasteiger partial charge in [-0.3, -0.25) is 9.69 Å². The van der Waals surface area contributed by atoms with Gasteiger partial charge in [0.25, 0.3) is 5.91 Å². The van der Waals surface area contributed by atoms with Crippen molar-refractivity contribution in [3.05, 3.63) is 29.8 Å². The monoisotopic (exact) mass is 394 g/mol. The number of furan rings is 1. The molecule has 4 saturated heterocycles. The van der Waals surface area contributed by atoms with E-state index in [0.717, 1.165) is 56.9 Å². The zero-order valence-corrected chi connectivity index (χ0v) is 16.5. The number of hydrogen-bond acceptors (Lipinski definition) is 6. The first kappa shape index (κ1) is 18.6.